The third kappa shape index (κ3) is 6.13. The number of hydrogen-bond acceptors (Lipinski definition) is 6. The summed E-state index contributed by atoms with van der Waals surface area (Å²) in [4.78, 5) is 47.1. The molecule has 9 heteroatoms. The first kappa shape index (κ1) is 22.5. The molecule has 0 aromatic heterocycles. The van der Waals surface area contributed by atoms with Crippen LogP contribution < -0.4 is 10.6 Å². The molecule has 0 radical (unpaired) electrons. The van der Waals surface area contributed by atoms with Crippen molar-refractivity contribution in [3.8, 4) is 0 Å². The second-order valence-electron chi connectivity index (χ2n) is 6.97. The standard InChI is InChI=1S/C21H23N3O6/c1-13(2)19(23-20(26)15-7-5-4-6-8-15)21(27)30-12-18(25)22-17-10-9-16(24(28)29)11-14(17)3/h4-11,13,19H,12H2,1-3H3,(H,22,25)(H,23,26). The highest BCUT2D eigenvalue weighted by atomic mass is 16.6. The summed E-state index contributed by atoms with van der Waals surface area (Å²) in [7, 11) is 0. The number of amides is 2. The molecule has 0 aliphatic carbocycles. The number of rotatable bonds is 8. The SMILES string of the molecule is Cc1cc([N+](=O)[O-])ccc1NC(=O)COC(=O)C(NC(=O)c1ccccc1)C(C)C. The molecule has 2 aromatic rings. The number of hydrogen-bond donors (Lipinski definition) is 2. The molecule has 158 valence electrons. The van der Waals surface area contributed by atoms with Crippen molar-refractivity contribution >= 4 is 29.2 Å². The van der Waals surface area contributed by atoms with Crippen molar-refractivity contribution in [3.63, 3.8) is 0 Å². The molecule has 9 nitrogen and oxygen atoms in total. The quantitative estimate of drug-likeness (QED) is 0.389. The first-order chi connectivity index (χ1) is 14.2. The molecule has 0 aliphatic rings. The van der Waals surface area contributed by atoms with Crippen molar-refractivity contribution in [1.29, 1.82) is 0 Å². The maximum Gasteiger partial charge on any atom is 0.329 e. The number of aryl methyl sites for hydroxylation is 1. The normalized spacial score (nSPS) is 11.5. The molecule has 1 unspecified atom stereocenters. The Balaban J connectivity index is 1.94. The topological polar surface area (TPSA) is 128 Å². The number of ether oxygens (including phenoxy) is 1. The van der Waals surface area contributed by atoms with E-state index in [9.17, 15) is 24.5 Å². The van der Waals surface area contributed by atoms with Crippen LogP contribution in [-0.4, -0.2) is 35.4 Å². The van der Waals surface area contributed by atoms with Gasteiger partial charge in [-0.15, -0.1) is 0 Å². The Morgan fingerprint density at radius 2 is 1.77 bits per heavy atom. The third-order valence-electron chi connectivity index (χ3n) is 4.28. The van der Waals surface area contributed by atoms with Crippen molar-refractivity contribution in [2.45, 2.75) is 26.8 Å². The van der Waals surface area contributed by atoms with E-state index < -0.39 is 35.4 Å². The molecule has 1 atom stereocenters. The molecule has 0 fully saturated rings. The second kappa shape index (κ2) is 10.1. The number of nitro groups is 1. The monoisotopic (exact) mass is 413 g/mol. The summed E-state index contributed by atoms with van der Waals surface area (Å²) in [6.07, 6.45) is 0. The van der Waals surface area contributed by atoms with Gasteiger partial charge in [-0.25, -0.2) is 4.79 Å². The summed E-state index contributed by atoms with van der Waals surface area (Å²) in [5, 5.41) is 15.9. The predicted molar refractivity (Wildman–Crippen MR) is 110 cm³/mol. The highest BCUT2D eigenvalue weighted by Gasteiger charge is 2.26. The molecule has 0 saturated carbocycles. The number of nitrogens with zero attached hydrogens (tertiary/aromatic N) is 1. The van der Waals surface area contributed by atoms with Crippen LogP contribution in [0.4, 0.5) is 11.4 Å². The van der Waals surface area contributed by atoms with Crippen LogP contribution in [0.2, 0.25) is 0 Å². The molecule has 0 heterocycles. The lowest BCUT2D eigenvalue weighted by Crippen LogP contribution is -2.45. The largest absolute Gasteiger partial charge is 0.454 e. The zero-order valence-electron chi connectivity index (χ0n) is 16.9. The summed E-state index contributed by atoms with van der Waals surface area (Å²) >= 11 is 0. The van der Waals surface area contributed by atoms with Gasteiger partial charge in [0.15, 0.2) is 6.61 Å². The molecular weight excluding hydrogens is 390 g/mol. The van der Waals surface area contributed by atoms with E-state index in [1.54, 1.807) is 51.1 Å². The third-order valence-corrected chi connectivity index (χ3v) is 4.28. The lowest BCUT2D eigenvalue weighted by Gasteiger charge is -2.20. The first-order valence-corrected chi connectivity index (χ1v) is 9.26. The van der Waals surface area contributed by atoms with E-state index in [1.165, 1.54) is 18.2 Å². The zero-order chi connectivity index (χ0) is 22.3. The van der Waals surface area contributed by atoms with Crippen molar-refractivity contribution in [3.05, 3.63) is 69.8 Å². The number of non-ortho nitro benzene ring substituents is 1. The number of anilines is 1. The fourth-order valence-electron chi connectivity index (χ4n) is 2.63. The fourth-order valence-corrected chi connectivity index (χ4v) is 2.63. The van der Waals surface area contributed by atoms with Gasteiger partial charge in [0.2, 0.25) is 0 Å². The lowest BCUT2D eigenvalue weighted by atomic mass is 10.0. The van der Waals surface area contributed by atoms with Crippen molar-refractivity contribution < 1.29 is 24.0 Å². The van der Waals surface area contributed by atoms with Crippen molar-refractivity contribution in [2.75, 3.05) is 11.9 Å². The van der Waals surface area contributed by atoms with Gasteiger partial charge >= 0.3 is 5.97 Å². The number of nitrogens with one attached hydrogen (secondary N) is 2. The van der Waals surface area contributed by atoms with Crippen LogP contribution in [0.25, 0.3) is 0 Å². The van der Waals surface area contributed by atoms with Crippen LogP contribution in [0.1, 0.15) is 29.8 Å². The Hall–Kier alpha value is -3.75. The first-order valence-electron chi connectivity index (χ1n) is 9.26. The fraction of sp³-hybridized carbons (Fsp3) is 0.286. The number of carbonyl (C=O) groups is 3. The number of carbonyl (C=O) groups excluding carboxylic acids is 3. The van der Waals surface area contributed by atoms with Gasteiger partial charge in [-0.05, 0) is 36.6 Å². The van der Waals surface area contributed by atoms with Crippen LogP contribution >= 0.6 is 0 Å². The van der Waals surface area contributed by atoms with Gasteiger partial charge in [0.25, 0.3) is 17.5 Å². The zero-order valence-corrected chi connectivity index (χ0v) is 16.9. The number of esters is 1. The molecular formula is C21H23N3O6. The molecule has 2 amide bonds. The molecule has 2 aromatic carbocycles. The minimum atomic E-state index is -0.924. The maximum absolute atomic E-state index is 12.4. The molecule has 0 spiro atoms. The van der Waals surface area contributed by atoms with E-state index in [4.69, 9.17) is 4.74 Å². The second-order valence-corrected chi connectivity index (χ2v) is 6.97. The predicted octanol–water partition coefficient (Wildman–Crippen LogP) is 2.84. The van der Waals surface area contributed by atoms with Gasteiger partial charge < -0.3 is 15.4 Å². The molecule has 2 rings (SSSR count). The van der Waals surface area contributed by atoms with Crippen LogP contribution in [0, 0.1) is 23.0 Å². The Morgan fingerprint density at radius 3 is 2.33 bits per heavy atom. The van der Waals surface area contributed by atoms with E-state index in [0.29, 0.717) is 16.8 Å². The van der Waals surface area contributed by atoms with Gasteiger partial charge in [0.1, 0.15) is 6.04 Å². The minimum absolute atomic E-state index is 0.0918. The van der Waals surface area contributed by atoms with Gasteiger partial charge in [-0.1, -0.05) is 32.0 Å². The highest BCUT2D eigenvalue weighted by molar-refractivity contribution is 5.97. The van der Waals surface area contributed by atoms with Crippen molar-refractivity contribution in [2.24, 2.45) is 5.92 Å². The molecule has 0 saturated heterocycles. The van der Waals surface area contributed by atoms with Gasteiger partial charge in [0, 0.05) is 23.4 Å². The Kier molecular flexibility index (Phi) is 7.62. The van der Waals surface area contributed by atoms with E-state index in [0.717, 1.165) is 0 Å². The Morgan fingerprint density at radius 1 is 1.10 bits per heavy atom. The average molecular weight is 413 g/mol. The van der Waals surface area contributed by atoms with Crippen LogP contribution in [0.5, 0.6) is 0 Å². The summed E-state index contributed by atoms with van der Waals surface area (Å²) in [5.41, 5.74) is 1.19. The summed E-state index contributed by atoms with van der Waals surface area (Å²) in [6.45, 7) is 4.55. The minimum Gasteiger partial charge on any atom is -0.454 e. The van der Waals surface area contributed by atoms with Crippen LogP contribution in [0.3, 0.4) is 0 Å². The van der Waals surface area contributed by atoms with Crippen molar-refractivity contribution in [1.82, 2.24) is 5.32 Å². The van der Waals surface area contributed by atoms with Gasteiger partial charge in [-0.3, -0.25) is 19.7 Å². The average Bonchev–Trinajstić information content (AvgIpc) is 2.71. The maximum atomic E-state index is 12.4. The molecule has 2 N–H and O–H groups in total. The Labute approximate surface area is 173 Å². The van der Waals surface area contributed by atoms with Crippen LogP contribution in [-0.2, 0) is 14.3 Å². The van der Waals surface area contributed by atoms with E-state index in [1.807, 2.05) is 0 Å². The smallest absolute Gasteiger partial charge is 0.329 e. The van der Waals surface area contributed by atoms with Gasteiger partial charge in [0.05, 0.1) is 4.92 Å². The van der Waals surface area contributed by atoms with E-state index >= 15 is 0 Å². The highest BCUT2D eigenvalue weighted by Crippen LogP contribution is 2.21. The lowest BCUT2D eigenvalue weighted by molar-refractivity contribution is -0.384. The summed E-state index contributed by atoms with van der Waals surface area (Å²) in [5.74, 6) is -2.01. The number of benzene rings is 2. The molecule has 0 bridgehead atoms. The Bertz CT molecular complexity index is 943. The summed E-state index contributed by atoms with van der Waals surface area (Å²) in [6, 6.07) is 11.5. The van der Waals surface area contributed by atoms with E-state index in [2.05, 4.69) is 10.6 Å². The van der Waals surface area contributed by atoms with E-state index in [-0.39, 0.29) is 11.6 Å². The van der Waals surface area contributed by atoms with Crippen LogP contribution in [0.15, 0.2) is 48.5 Å². The molecule has 0 aliphatic heterocycles. The summed E-state index contributed by atoms with van der Waals surface area (Å²) < 4.78 is 5.06. The van der Waals surface area contributed by atoms with Gasteiger partial charge in [-0.2, -0.15) is 0 Å². The molecule has 30 heavy (non-hydrogen) atoms. The number of nitro benzene ring substituents is 1.